The zero-order chi connectivity index (χ0) is 37.7. The molecule has 0 radical (unpaired) electrons. The Bertz CT molecular complexity index is 2190. The molecule has 54 heavy (non-hydrogen) atoms. The molecule has 3 N–H and O–H groups in total. The van der Waals surface area contributed by atoms with Gasteiger partial charge in [0.2, 0.25) is 11.8 Å². The summed E-state index contributed by atoms with van der Waals surface area (Å²) in [6.07, 6.45) is 1.78. The van der Waals surface area contributed by atoms with E-state index in [4.69, 9.17) is 4.74 Å². The van der Waals surface area contributed by atoms with Gasteiger partial charge in [0.15, 0.2) is 0 Å². The first kappa shape index (κ1) is 34.8. The van der Waals surface area contributed by atoms with Crippen LogP contribution < -0.4 is 10.2 Å². The largest absolute Gasteiger partial charge is 0.508 e. The second-order valence-corrected chi connectivity index (χ2v) is 14.6. The number of carbonyl (C=O) groups is 5. The molecule has 8 rings (SSSR count). The highest BCUT2D eigenvalue weighted by atomic mass is 16.5. The molecule has 4 aromatic carbocycles. The van der Waals surface area contributed by atoms with Gasteiger partial charge >= 0.3 is 5.97 Å². The van der Waals surface area contributed by atoms with Crippen LogP contribution in [0, 0.1) is 30.6 Å². The van der Waals surface area contributed by atoms with Crippen LogP contribution >= 0.6 is 0 Å². The number of carbonyl (C=O) groups excluding carboxylic acids is 4. The Morgan fingerprint density at radius 3 is 2.26 bits per heavy atom. The van der Waals surface area contributed by atoms with E-state index in [1.54, 1.807) is 24.3 Å². The molecule has 2 heterocycles. The Balaban J connectivity index is 1.27. The number of phenolic OH excluding ortho intramolecular Hbond substituents is 1. The van der Waals surface area contributed by atoms with E-state index in [0.717, 1.165) is 21.0 Å². The quantitative estimate of drug-likeness (QED) is 0.137. The molecule has 6 unspecified atom stereocenters. The van der Waals surface area contributed by atoms with Crippen molar-refractivity contribution >= 4 is 35.3 Å². The molecule has 2 saturated heterocycles. The number of phenols is 1. The number of fused-ring (bicyclic) bond motifs is 4. The topological polar surface area (TPSA) is 154 Å². The molecule has 1 saturated carbocycles. The maximum Gasteiger partial charge on any atom is 0.305 e. The number of nitrogens with zero attached hydrogens (tertiary/aromatic N) is 2. The summed E-state index contributed by atoms with van der Waals surface area (Å²) in [4.78, 5) is 70.4. The number of carboxylic acid groups (broad SMARTS) is 1. The van der Waals surface area contributed by atoms with E-state index in [9.17, 15) is 29.4 Å². The average molecular weight is 726 g/mol. The van der Waals surface area contributed by atoms with Crippen LogP contribution in [0.3, 0.4) is 0 Å². The number of allylic oxidation sites excluding steroid dienone is 2. The number of amides is 4. The van der Waals surface area contributed by atoms with Crippen LogP contribution in [0.5, 0.6) is 11.5 Å². The number of nitrogens with one attached hydrogen (secondary N) is 1. The molecule has 0 bridgehead atoms. The Kier molecular flexibility index (Phi) is 8.80. The van der Waals surface area contributed by atoms with E-state index in [1.807, 2.05) is 85.8 Å². The van der Waals surface area contributed by atoms with Crippen molar-refractivity contribution in [1.29, 1.82) is 0 Å². The number of hydrogen-bond acceptors (Lipinski definition) is 8. The zero-order valence-electron chi connectivity index (χ0n) is 29.6. The average Bonchev–Trinajstić information content (AvgIpc) is 3.55. The van der Waals surface area contributed by atoms with Crippen LogP contribution in [0.2, 0.25) is 0 Å². The number of aryl methyl sites for hydroxylation is 1. The highest BCUT2D eigenvalue weighted by Crippen LogP contribution is 2.65. The van der Waals surface area contributed by atoms with Gasteiger partial charge in [0.05, 0.1) is 35.3 Å². The summed E-state index contributed by atoms with van der Waals surface area (Å²) >= 11 is 0. The lowest BCUT2D eigenvalue weighted by Gasteiger charge is -2.50. The van der Waals surface area contributed by atoms with Gasteiger partial charge in [-0.05, 0) is 55.0 Å². The number of aliphatic carboxylic acids is 1. The fraction of sp³-hybridized carbons (Fsp3) is 0.279. The molecule has 11 heteroatoms. The van der Waals surface area contributed by atoms with Gasteiger partial charge < -0.3 is 14.9 Å². The molecule has 11 nitrogen and oxygen atoms in total. The number of carboxylic acids is 1. The van der Waals surface area contributed by atoms with Crippen LogP contribution in [-0.4, -0.2) is 56.3 Å². The number of hydrazine groups is 1. The molecule has 6 atom stereocenters. The molecule has 2 aliphatic carbocycles. The summed E-state index contributed by atoms with van der Waals surface area (Å²) in [5.74, 6) is -6.95. The smallest absolute Gasteiger partial charge is 0.305 e. The number of rotatable bonds is 10. The third-order valence-corrected chi connectivity index (χ3v) is 11.6. The summed E-state index contributed by atoms with van der Waals surface area (Å²) in [6.45, 7) is 1.95. The summed E-state index contributed by atoms with van der Waals surface area (Å²) < 4.78 is 6.04. The Morgan fingerprint density at radius 2 is 1.57 bits per heavy atom. The third kappa shape index (κ3) is 5.62. The number of anilines is 1. The zero-order valence-corrected chi connectivity index (χ0v) is 29.6. The Morgan fingerprint density at radius 1 is 0.870 bits per heavy atom. The monoisotopic (exact) mass is 725 g/mol. The highest BCUT2D eigenvalue weighted by molar-refractivity contribution is 6.13. The van der Waals surface area contributed by atoms with Gasteiger partial charge in [0.1, 0.15) is 18.1 Å². The highest BCUT2D eigenvalue weighted by Gasteiger charge is 2.70. The van der Waals surface area contributed by atoms with Crippen molar-refractivity contribution in [2.45, 2.75) is 44.1 Å². The van der Waals surface area contributed by atoms with E-state index >= 15 is 4.79 Å². The van der Waals surface area contributed by atoms with Crippen LogP contribution in [0.15, 0.2) is 115 Å². The van der Waals surface area contributed by atoms with E-state index in [2.05, 4.69) is 5.43 Å². The normalized spacial score (nSPS) is 25.9. The van der Waals surface area contributed by atoms with Crippen LogP contribution in [-0.2, 0) is 36.0 Å². The molecule has 2 aliphatic heterocycles. The van der Waals surface area contributed by atoms with Crippen molar-refractivity contribution < 1.29 is 38.9 Å². The molecule has 4 aromatic rings. The molecule has 3 fully saturated rings. The maximum absolute atomic E-state index is 15.3. The lowest BCUT2D eigenvalue weighted by atomic mass is 9.49. The molecular formula is C43H39N3O8. The summed E-state index contributed by atoms with van der Waals surface area (Å²) in [6, 6.07) is 30.9. The van der Waals surface area contributed by atoms with Crippen molar-refractivity contribution in [3.63, 3.8) is 0 Å². The number of likely N-dealkylation sites (tertiary alicyclic amines) is 1. The molecule has 274 valence electrons. The summed E-state index contributed by atoms with van der Waals surface area (Å²) in [7, 11) is 0. The first-order chi connectivity index (χ1) is 26.1. The van der Waals surface area contributed by atoms with Crippen LogP contribution in [0.4, 0.5) is 5.69 Å². The number of aromatic hydroxyl groups is 1. The number of hydrogen-bond donors (Lipinski definition) is 3. The number of ether oxygens (including phenoxy) is 1. The van der Waals surface area contributed by atoms with Crippen molar-refractivity contribution in [3.8, 4) is 11.5 Å². The Hall–Kier alpha value is -6.23. The molecule has 4 aliphatic rings. The van der Waals surface area contributed by atoms with Gasteiger partial charge in [-0.1, -0.05) is 96.1 Å². The minimum atomic E-state index is -1.55. The molecular weight excluding hydrogens is 686 g/mol. The van der Waals surface area contributed by atoms with Crippen LogP contribution in [0.1, 0.15) is 47.4 Å². The maximum atomic E-state index is 15.3. The van der Waals surface area contributed by atoms with Gasteiger partial charge in [-0.25, -0.2) is 0 Å². The third-order valence-electron chi connectivity index (χ3n) is 11.6. The van der Waals surface area contributed by atoms with Gasteiger partial charge in [-0.3, -0.25) is 34.3 Å². The van der Waals surface area contributed by atoms with Gasteiger partial charge in [-0.2, -0.15) is 5.01 Å². The molecule has 4 amide bonds. The van der Waals surface area contributed by atoms with Crippen molar-refractivity contribution in [1.82, 2.24) is 9.91 Å². The molecule has 0 spiro atoms. The second kappa shape index (κ2) is 13.6. The first-order valence-corrected chi connectivity index (χ1v) is 18.1. The van der Waals surface area contributed by atoms with Crippen LogP contribution in [0.25, 0.3) is 0 Å². The SMILES string of the molecule is Cc1ccc(NN2C(=O)C3CC4C(=CCC5C(=O)N(CCC(=O)O)C(=O)C54)C(c4ccc(OCc5ccccc5)cc4O)C3(c3ccccc3)C2=O)cc1. The Labute approximate surface area is 311 Å². The number of imide groups is 2. The predicted octanol–water partition coefficient (Wildman–Crippen LogP) is 5.74. The van der Waals surface area contributed by atoms with Gasteiger partial charge in [0.25, 0.3) is 11.8 Å². The van der Waals surface area contributed by atoms with E-state index in [-0.39, 0.29) is 38.2 Å². The predicted molar refractivity (Wildman–Crippen MR) is 197 cm³/mol. The van der Waals surface area contributed by atoms with Crippen molar-refractivity contribution in [2.24, 2.45) is 23.7 Å². The lowest BCUT2D eigenvalue weighted by molar-refractivity contribution is -0.143. The van der Waals surface area contributed by atoms with Crippen molar-refractivity contribution in [3.05, 3.63) is 137 Å². The minimum Gasteiger partial charge on any atom is -0.508 e. The van der Waals surface area contributed by atoms with E-state index in [1.165, 1.54) is 6.07 Å². The van der Waals surface area contributed by atoms with Crippen molar-refractivity contribution in [2.75, 3.05) is 12.0 Å². The van der Waals surface area contributed by atoms with E-state index in [0.29, 0.717) is 28.1 Å². The second-order valence-electron chi connectivity index (χ2n) is 14.6. The fourth-order valence-electron chi connectivity index (χ4n) is 9.18. The first-order valence-electron chi connectivity index (χ1n) is 18.1. The lowest BCUT2D eigenvalue weighted by Crippen LogP contribution is -2.53. The fourth-order valence-corrected chi connectivity index (χ4v) is 9.18. The standard InChI is InChI=1S/C43H39N3O8/c1-25-12-14-28(15-13-25)44-46-40(51)34-23-33-30(18-19-32-37(33)41(52)45(39(32)50)21-20-36(48)49)38(43(34,42(46)53)27-10-6-3-7-11-27)31-17-16-29(22-35(31)47)54-24-26-8-4-2-5-9-26/h2-18,22,32-34,37-38,44,47H,19-21,23-24H2,1H3,(H,48,49). The number of benzene rings is 4. The minimum absolute atomic E-state index is 0.0832. The van der Waals surface area contributed by atoms with Gasteiger partial charge in [0, 0.05) is 24.1 Å². The van der Waals surface area contributed by atoms with E-state index < -0.39 is 64.6 Å². The van der Waals surface area contributed by atoms with Gasteiger partial charge in [-0.15, -0.1) is 0 Å². The summed E-state index contributed by atoms with van der Waals surface area (Å²) in [5.41, 5.74) is 5.63. The summed E-state index contributed by atoms with van der Waals surface area (Å²) in [5, 5.41) is 22.3. The molecule has 0 aromatic heterocycles.